The van der Waals surface area contributed by atoms with Crippen molar-refractivity contribution in [1.29, 1.82) is 0 Å². The van der Waals surface area contributed by atoms with Crippen LogP contribution in [0.2, 0.25) is 0 Å². The molecule has 1 N–H and O–H groups in total. The number of carboxylic acids is 1. The van der Waals surface area contributed by atoms with Crippen LogP contribution in [-0.4, -0.2) is 46.1 Å². The van der Waals surface area contributed by atoms with Crippen molar-refractivity contribution in [3.8, 4) is 0 Å². The summed E-state index contributed by atoms with van der Waals surface area (Å²) < 4.78 is 0. The molecule has 1 aromatic rings. The minimum Gasteiger partial charge on any atom is -0.481 e. The molecular formula is C13H19N3O2. The molecule has 1 fully saturated rings. The van der Waals surface area contributed by atoms with Crippen molar-refractivity contribution in [3.63, 3.8) is 0 Å². The van der Waals surface area contributed by atoms with Crippen molar-refractivity contribution in [1.82, 2.24) is 14.9 Å². The van der Waals surface area contributed by atoms with E-state index in [1.54, 1.807) is 12.4 Å². The van der Waals surface area contributed by atoms with Crippen LogP contribution < -0.4 is 0 Å². The number of hydrogen-bond donors (Lipinski definition) is 1. The van der Waals surface area contributed by atoms with E-state index in [2.05, 4.69) is 21.9 Å². The zero-order valence-electron chi connectivity index (χ0n) is 10.7. The van der Waals surface area contributed by atoms with Crippen molar-refractivity contribution in [3.05, 3.63) is 23.8 Å². The van der Waals surface area contributed by atoms with Crippen molar-refractivity contribution in [2.75, 3.05) is 20.1 Å². The molecule has 1 atom stereocenters. The maximum absolute atomic E-state index is 10.5. The Balaban J connectivity index is 1.96. The Morgan fingerprint density at radius 3 is 2.94 bits per heavy atom. The van der Waals surface area contributed by atoms with Crippen LogP contribution in [0.1, 0.15) is 36.6 Å². The van der Waals surface area contributed by atoms with Gasteiger partial charge in [0.2, 0.25) is 0 Å². The van der Waals surface area contributed by atoms with Gasteiger partial charge in [-0.15, -0.1) is 0 Å². The van der Waals surface area contributed by atoms with Crippen molar-refractivity contribution in [2.45, 2.75) is 31.6 Å². The first kappa shape index (κ1) is 13.0. The lowest BCUT2D eigenvalue weighted by atomic mass is 9.95. The number of likely N-dealkylation sites (N-methyl/N-ethyl adjacent to an activating group) is 1. The summed E-state index contributed by atoms with van der Waals surface area (Å²) in [5, 5.41) is 8.61. The van der Waals surface area contributed by atoms with E-state index in [0.29, 0.717) is 12.3 Å². The van der Waals surface area contributed by atoms with Gasteiger partial charge in [0.15, 0.2) is 0 Å². The molecule has 2 rings (SSSR count). The van der Waals surface area contributed by atoms with E-state index in [4.69, 9.17) is 5.11 Å². The van der Waals surface area contributed by atoms with Gasteiger partial charge < -0.3 is 10.0 Å². The molecule has 0 aliphatic carbocycles. The molecule has 98 valence electrons. The number of piperidine rings is 1. The minimum atomic E-state index is -0.796. The molecule has 0 unspecified atom stereocenters. The SMILES string of the molecule is CN1CCC[C@@H](c2cnc(CCC(=O)O)cn2)C1. The second-order valence-electron chi connectivity index (χ2n) is 4.93. The smallest absolute Gasteiger partial charge is 0.303 e. The fourth-order valence-electron chi connectivity index (χ4n) is 2.35. The van der Waals surface area contributed by atoms with Gasteiger partial charge in [-0.3, -0.25) is 14.8 Å². The summed E-state index contributed by atoms with van der Waals surface area (Å²) in [5.74, 6) is -0.334. The Morgan fingerprint density at radius 1 is 1.50 bits per heavy atom. The fourth-order valence-corrected chi connectivity index (χ4v) is 2.35. The van der Waals surface area contributed by atoms with Crippen LogP contribution >= 0.6 is 0 Å². The van der Waals surface area contributed by atoms with Gasteiger partial charge in [-0.25, -0.2) is 0 Å². The summed E-state index contributed by atoms with van der Waals surface area (Å²) in [5.41, 5.74) is 1.78. The number of nitrogens with zero attached hydrogens (tertiary/aromatic N) is 3. The number of aryl methyl sites for hydroxylation is 1. The third-order valence-electron chi connectivity index (χ3n) is 3.36. The molecular weight excluding hydrogens is 230 g/mol. The maximum atomic E-state index is 10.5. The molecule has 0 radical (unpaired) electrons. The number of hydrogen-bond acceptors (Lipinski definition) is 4. The van der Waals surface area contributed by atoms with E-state index in [-0.39, 0.29) is 6.42 Å². The summed E-state index contributed by atoms with van der Waals surface area (Å²) in [6.45, 7) is 2.18. The lowest BCUT2D eigenvalue weighted by Crippen LogP contribution is -2.31. The third-order valence-corrected chi connectivity index (χ3v) is 3.36. The van der Waals surface area contributed by atoms with Gasteiger partial charge in [-0.05, 0) is 26.4 Å². The summed E-state index contributed by atoms with van der Waals surface area (Å²) in [7, 11) is 2.13. The Hall–Kier alpha value is -1.49. The van der Waals surface area contributed by atoms with Gasteiger partial charge in [-0.2, -0.15) is 0 Å². The van der Waals surface area contributed by atoms with Crippen LogP contribution in [0.5, 0.6) is 0 Å². The average Bonchev–Trinajstić information content (AvgIpc) is 2.37. The Bertz CT molecular complexity index is 405. The molecule has 2 heterocycles. The molecule has 5 heteroatoms. The van der Waals surface area contributed by atoms with Gasteiger partial charge in [-0.1, -0.05) is 0 Å². The second kappa shape index (κ2) is 5.91. The molecule has 0 aromatic carbocycles. The molecule has 0 spiro atoms. The average molecular weight is 249 g/mol. The number of aliphatic carboxylic acids is 1. The van der Waals surface area contributed by atoms with E-state index < -0.39 is 5.97 Å². The van der Waals surface area contributed by atoms with E-state index in [9.17, 15) is 4.79 Å². The minimum absolute atomic E-state index is 0.111. The highest BCUT2D eigenvalue weighted by molar-refractivity contribution is 5.66. The van der Waals surface area contributed by atoms with E-state index in [1.165, 1.54) is 6.42 Å². The fraction of sp³-hybridized carbons (Fsp3) is 0.615. The monoisotopic (exact) mass is 249 g/mol. The topological polar surface area (TPSA) is 66.3 Å². The van der Waals surface area contributed by atoms with E-state index in [1.807, 2.05) is 0 Å². The highest BCUT2D eigenvalue weighted by Crippen LogP contribution is 2.24. The van der Waals surface area contributed by atoms with Crippen LogP contribution in [0, 0.1) is 0 Å². The summed E-state index contributed by atoms with van der Waals surface area (Å²) in [6, 6.07) is 0. The van der Waals surface area contributed by atoms with Gasteiger partial charge in [0.1, 0.15) is 0 Å². The molecule has 0 bridgehead atoms. The molecule has 18 heavy (non-hydrogen) atoms. The number of rotatable bonds is 4. The largest absolute Gasteiger partial charge is 0.481 e. The molecule has 1 saturated heterocycles. The molecule has 0 amide bonds. The number of likely N-dealkylation sites (tertiary alicyclic amines) is 1. The summed E-state index contributed by atoms with van der Waals surface area (Å²) >= 11 is 0. The maximum Gasteiger partial charge on any atom is 0.303 e. The number of carboxylic acid groups (broad SMARTS) is 1. The first-order valence-corrected chi connectivity index (χ1v) is 6.36. The second-order valence-corrected chi connectivity index (χ2v) is 4.93. The first-order chi connectivity index (χ1) is 8.65. The summed E-state index contributed by atoms with van der Waals surface area (Å²) in [6.07, 6.45) is 6.44. The van der Waals surface area contributed by atoms with Crippen molar-refractivity contribution < 1.29 is 9.90 Å². The zero-order chi connectivity index (χ0) is 13.0. The zero-order valence-corrected chi connectivity index (χ0v) is 10.7. The Morgan fingerprint density at radius 2 is 2.33 bits per heavy atom. The molecule has 1 aliphatic heterocycles. The summed E-state index contributed by atoms with van der Waals surface area (Å²) in [4.78, 5) is 21.5. The van der Waals surface area contributed by atoms with Gasteiger partial charge in [0, 0.05) is 31.3 Å². The Labute approximate surface area is 107 Å². The standard InChI is InChI=1S/C13H19N3O2/c1-16-6-2-3-10(9-16)12-8-14-11(7-15-12)4-5-13(17)18/h7-8,10H,2-6,9H2,1H3,(H,17,18)/t10-/m1/s1. The van der Waals surface area contributed by atoms with Crippen LogP contribution in [0.25, 0.3) is 0 Å². The third kappa shape index (κ3) is 3.50. The first-order valence-electron chi connectivity index (χ1n) is 6.36. The van der Waals surface area contributed by atoms with E-state index >= 15 is 0 Å². The van der Waals surface area contributed by atoms with Crippen LogP contribution in [0.3, 0.4) is 0 Å². The lowest BCUT2D eigenvalue weighted by molar-refractivity contribution is -0.136. The van der Waals surface area contributed by atoms with Crippen LogP contribution in [0.15, 0.2) is 12.4 Å². The molecule has 1 aromatic heterocycles. The Kier molecular flexibility index (Phi) is 4.25. The molecule has 1 aliphatic rings. The van der Waals surface area contributed by atoms with E-state index in [0.717, 1.165) is 30.9 Å². The predicted octanol–water partition coefficient (Wildman–Crippen LogP) is 1.30. The molecule has 0 saturated carbocycles. The normalized spacial score (nSPS) is 20.8. The van der Waals surface area contributed by atoms with Gasteiger partial charge in [0.25, 0.3) is 0 Å². The predicted molar refractivity (Wildman–Crippen MR) is 67.5 cm³/mol. The van der Waals surface area contributed by atoms with Gasteiger partial charge in [0.05, 0.1) is 17.8 Å². The highest BCUT2D eigenvalue weighted by atomic mass is 16.4. The van der Waals surface area contributed by atoms with Crippen molar-refractivity contribution >= 4 is 5.97 Å². The number of carbonyl (C=O) groups is 1. The quantitative estimate of drug-likeness (QED) is 0.871. The van der Waals surface area contributed by atoms with Gasteiger partial charge >= 0.3 is 5.97 Å². The van der Waals surface area contributed by atoms with Crippen LogP contribution in [0.4, 0.5) is 0 Å². The van der Waals surface area contributed by atoms with Crippen LogP contribution in [-0.2, 0) is 11.2 Å². The number of aromatic nitrogens is 2. The highest BCUT2D eigenvalue weighted by Gasteiger charge is 2.20. The van der Waals surface area contributed by atoms with Crippen molar-refractivity contribution in [2.24, 2.45) is 0 Å². The lowest BCUT2D eigenvalue weighted by Gasteiger charge is -2.29. The molecule has 5 nitrogen and oxygen atoms in total.